The highest BCUT2D eigenvalue weighted by molar-refractivity contribution is 6.31. The van der Waals surface area contributed by atoms with Crippen LogP contribution in [0.4, 0.5) is 0 Å². The van der Waals surface area contributed by atoms with Gasteiger partial charge in [-0.1, -0.05) is 41.9 Å². The van der Waals surface area contributed by atoms with E-state index in [-0.39, 0.29) is 0 Å². The van der Waals surface area contributed by atoms with Crippen molar-refractivity contribution in [2.45, 2.75) is 25.9 Å². The van der Waals surface area contributed by atoms with Crippen LogP contribution in [0.3, 0.4) is 0 Å². The van der Waals surface area contributed by atoms with E-state index in [4.69, 9.17) is 16.0 Å². The summed E-state index contributed by atoms with van der Waals surface area (Å²) < 4.78 is 5.92. The number of H-pyrrole nitrogens is 1. The predicted molar refractivity (Wildman–Crippen MR) is 114 cm³/mol. The first-order valence-corrected chi connectivity index (χ1v) is 9.76. The smallest absolute Gasteiger partial charge is 0.321 e. The van der Waals surface area contributed by atoms with Crippen molar-refractivity contribution >= 4 is 28.5 Å². The molecule has 0 spiro atoms. The van der Waals surface area contributed by atoms with Gasteiger partial charge in [0.15, 0.2) is 0 Å². The number of furan rings is 1. The minimum Gasteiger partial charge on any atom is -0.480 e. The van der Waals surface area contributed by atoms with Crippen LogP contribution in [0.15, 0.2) is 65.2 Å². The van der Waals surface area contributed by atoms with Crippen molar-refractivity contribution in [2.75, 3.05) is 0 Å². The first kappa shape index (κ1) is 19.3. The Balaban J connectivity index is 1.47. The second-order valence-electron chi connectivity index (χ2n) is 7.01. The second kappa shape index (κ2) is 8.15. The van der Waals surface area contributed by atoms with Crippen LogP contribution in [0.25, 0.3) is 22.2 Å². The minimum atomic E-state index is -0.896. The molecule has 0 saturated heterocycles. The van der Waals surface area contributed by atoms with Crippen molar-refractivity contribution in [3.8, 4) is 11.3 Å². The van der Waals surface area contributed by atoms with E-state index in [1.165, 1.54) is 0 Å². The molecule has 0 fully saturated rings. The Morgan fingerprint density at radius 3 is 2.83 bits per heavy atom. The number of aromatic nitrogens is 1. The molecule has 0 radical (unpaired) electrons. The van der Waals surface area contributed by atoms with Crippen LogP contribution in [0.5, 0.6) is 0 Å². The van der Waals surface area contributed by atoms with E-state index in [1.54, 1.807) is 0 Å². The Labute approximate surface area is 173 Å². The lowest BCUT2D eigenvalue weighted by Gasteiger charge is -2.13. The molecule has 0 aliphatic rings. The van der Waals surface area contributed by atoms with Gasteiger partial charge in [0.1, 0.15) is 17.6 Å². The maximum atomic E-state index is 11.8. The number of nitrogens with one attached hydrogen (secondary N) is 2. The van der Waals surface area contributed by atoms with Crippen LogP contribution in [0.1, 0.15) is 16.9 Å². The quantitative estimate of drug-likeness (QED) is 0.394. The molecule has 0 amide bonds. The maximum Gasteiger partial charge on any atom is 0.321 e. The summed E-state index contributed by atoms with van der Waals surface area (Å²) in [6.07, 6.45) is 2.25. The molecule has 29 heavy (non-hydrogen) atoms. The third-order valence-corrected chi connectivity index (χ3v) is 5.52. The molecule has 0 aliphatic carbocycles. The maximum absolute atomic E-state index is 11.8. The highest BCUT2D eigenvalue weighted by Gasteiger charge is 2.20. The number of para-hydroxylation sites is 1. The van der Waals surface area contributed by atoms with E-state index in [0.29, 0.717) is 29.5 Å². The molecule has 6 heteroatoms. The minimum absolute atomic E-state index is 0.318. The lowest BCUT2D eigenvalue weighted by Crippen LogP contribution is -2.37. The summed E-state index contributed by atoms with van der Waals surface area (Å²) in [6, 6.07) is 16.6. The summed E-state index contributed by atoms with van der Waals surface area (Å²) in [5, 5.41) is 14.5. The summed E-state index contributed by atoms with van der Waals surface area (Å²) in [5.41, 5.74) is 3.84. The topological polar surface area (TPSA) is 78.3 Å². The molecular weight excluding hydrogens is 388 g/mol. The van der Waals surface area contributed by atoms with Crippen molar-refractivity contribution < 1.29 is 14.3 Å². The summed E-state index contributed by atoms with van der Waals surface area (Å²) >= 11 is 6.20. The number of carbonyl (C=O) groups is 1. The lowest BCUT2D eigenvalue weighted by molar-refractivity contribution is -0.139. The van der Waals surface area contributed by atoms with E-state index in [0.717, 1.165) is 27.6 Å². The Kier molecular flexibility index (Phi) is 5.43. The van der Waals surface area contributed by atoms with Crippen LogP contribution in [0, 0.1) is 6.92 Å². The van der Waals surface area contributed by atoms with Gasteiger partial charge in [0.05, 0.1) is 6.54 Å². The molecule has 4 rings (SSSR count). The molecule has 2 heterocycles. The number of rotatable bonds is 7. The number of aliphatic carboxylic acids is 1. The highest BCUT2D eigenvalue weighted by atomic mass is 35.5. The van der Waals surface area contributed by atoms with Crippen LogP contribution in [0.2, 0.25) is 5.02 Å². The van der Waals surface area contributed by atoms with Crippen molar-refractivity contribution in [3.63, 3.8) is 0 Å². The fraction of sp³-hybridized carbons (Fsp3) is 0.174. The molecule has 1 atom stereocenters. The van der Waals surface area contributed by atoms with Crippen molar-refractivity contribution in [2.24, 2.45) is 0 Å². The Morgan fingerprint density at radius 2 is 2.00 bits per heavy atom. The average molecular weight is 409 g/mol. The Morgan fingerprint density at radius 1 is 1.17 bits per heavy atom. The Hall–Kier alpha value is -3.02. The summed E-state index contributed by atoms with van der Waals surface area (Å²) in [5.74, 6) is 0.489. The fourth-order valence-corrected chi connectivity index (χ4v) is 3.66. The molecule has 0 bridgehead atoms. The third kappa shape index (κ3) is 4.06. The molecule has 5 nitrogen and oxygen atoms in total. The molecule has 2 aromatic carbocycles. The molecule has 2 aromatic heterocycles. The monoisotopic (exact) mass is 408 g/mol. The molecular formula is C23H21ClN2O3. The number of hydrogen-bond acceptors (Lipinski definition) is 3. The van der Waals surface area contributed by atoms with Crippen molar-refractivity contribution in [1.29, 1.82) is 0 Å². The average Bonchev–Trinajstić information content (AvgIpc) is 3.34. The zero-order valence-corrected chi connectivity index (χ0v) is 16.7. The number of aromatic amines is 1. The Bertz CT molecular complexity index is 1160. The van der Waals surface area contributed by atoms with Gasteiger partial charge in [0.2, 0.25) is 0 Å². The van der Waals surface area contributed by atoms with Crippen LogP contribution in [-0.2, 0) is 17.8 Å². The largest absolute Gasteiger partial charge is 0.480 e. The van der Waals surface area contributed by atoms with Crippen LogP contribution in [-0.4, -0.2) is 22.1 Å². The number of halogens is 1. The summed E-state index contributed by atoms with van der Waals surface area (Å²) in [4.78, 5) is 15.0. The van der Waals surface area contributed by atoms with Gasteiger partial charge in [-0.2, -0.15) is 0 Å². The number of hydrogen-bond donors (Lipinski definition) is 3. The van der Waals surface area contributed by atoms with E-state index in [9.17, 15) is 9.90 Å². The zero-order valence-electron chi connectivity index (χ0n) is 15.9. The molecule has 4 aromatic rings. The van der Waals surface area contributed by atoms with Gasteiger partial charge < -0.3 is 14.5 Å². The standard InChI is InChI=1S/C23H21ClN2O3/c1-14-17(6-4-7-19(14)24)22-10-9-16(29-22)13-26-21(23(27)28)11-15-12-25-20-8-3-2-5-18(15)20/h2-10,12,21,25-26H,11,13H2,1H3,(H,27,28). The van der Waals surface area contributed by atoms with Crippen molar-refractivity contribution in [1.82, 2.24) is 10.3 Å². The number of benzene rings is 2. The number of fused-ring (bicyclic) bond motifs is 1. The SMILES string of the molecule is Cc1c(Cl)cccc1-c1ccc(CNC(Cc2c[nH]c3ccccc23)C(=O)O)o1. The molecule has 0 saturated carbocycles. The number of carboxylic acids is 1. The predicted octanol–water partition coefficient (Wildman–Crippen LogP) is 5.18. The lowest BCUT2D eigenvalue weighted by atomic mass is 10.0. The molecule has 148 valence electrons. The molecule has 0 aliphatic heterocycles. The van der Waals surface area contributed by atoms with Gasteiger partial charge in [0, 0.05) is 34.1 Å². The summed E-state index contributed by atoms with van der Waals surface area (Å²) in [7, 11) is 0. The van der Waals surface area contributed by atoms with Crippen molar-refractivity contribution in [3.05, 3.63) is 82.7 Å². The highest BCUT2D eigenvalue weighted by Crippen LogP contribution is 2.29. The number of carboxylic acid groups (broad SMARTS) is 1. The fourth-order valence-electron chi connectivity index (χ4n) is 3.48. The zero-order chi connectivity index (χ0) is 20.4. The molecule has 1 unspecified atom stereocenters. The van der Waals surface area contributed by atoms with Gasteiger partial charge in [-0.25, -0.2) is 0 Å². The van der Waals surface area contributed by atoms with Crippen LogP contribution >= 0.6 is 11.6 Å². The normalized spacial score (nSPS) is 12.3. The van der Waals surface area contributed by atoms with Gasteiger partial charge in [-0.3, -0.25) is 10.1 Å². The first-order valence-electron chi connectivity index (χ1n) is 9.38. The van der Waals surface area contributed by atoms with Gasteiger partial charge in [0.25, 0.3) is 0 Å². The molecule has 3 N–H and O–H groups in total. The second-order valence-corrected chi connectivity index (χ2v) is 7.42. The van der Waals surface area contributed by atoms with Gasteiger partial charge in [-0.05, 0) is 42.3 Å². The van der Waals surface area contributed by atoms with E-state index in [2.05, 4.69) is 10.3 Å². The van der Waals surface area contributed by atoms with E-state index in [1.807, 2.05) is 67.7 Å². The van der Waals surface area contributed by atoms with E-state index >= 15 is 0 Å². The van der Waals surface area contributed by atoms with Gasteiger partial charge >= 0.3 is 5.97 Å². The first-order chi connectivity index (χ1) is 14.0. The van der Waals surface area contributed by atoms with Gasteiger partial charge in [-0.15, -0.1) is 0 Å². The third-order valence-electron chi connectivity index (χ3n) is 5.11. The van der Waals surface area contributed by atoms with E-state index < -0.39 is 12.0 Å². The summed E-state index contributed by atoms with van der Waals surface area (Å²) in [6.45, 7) is 2.26. The van der Waals surface area contributed by atoms with Crippen LogP contribution < -0.4 is 5.32 Å².